The van der Waals surface area contributed by atoms with Crippen LogP contribution in [0.1, 0.15) is 36.0 Å². The fourth-order valence-corrected chi connectivity index (χ4v) is 3.39. The molecular formula is C16H21FN2O. The minimum absolute atomic E-state index is 0.0304. The van der Waals surface area contributed by atoms with Gasteiger partial charge in [0.25, 0.3) is 5.91 Å². The minimum atomic E-state index is -0.299. The molecule has 2 aliphatic rings. The zero-order valence-corrected chi connectivity index (χ0v) is 11.6. The van der Waals surface area contributed by atoms with Crippen molar-refractivity contribution < 1.29 is 9.18 Å². The number of amides is 1. The summed E-state index contributed by atoms with van der Waals surface area (Å²) in [5.41, 5.74) is 0.587. The van der Waals surface area contributed by atoms with Crippen LogP contribution >= 0.6 is 0 Å². The van der Waals surface area contributed by atoms with Crippen LogP contribution in [0.5, 0.6) is 0 Å². The number of piperidine rings is 1. The highest BCUT2D eigenvalue weighted by Crippen LogP contribution is 2.26. The topological polar surface area (TPSA) is 32.3 Å². The molecular weight excluding hydrogens is 255 g/mol. The Labute approximate surface area is 119 Å². The second-order valence-electron chi connectivity index (χ2n) is 5.84. The Kier molecular flexibility index (Phi) is 4.01. The summed E-state index contributed by atoms with van der Waals surface area (Å²) >= 11 is 0. The number of carbonyl (C=O) groups is 1. The predicted molar refractivity (Wildman–Crippen MR) is 76.1 cm³/mol. The van der Waals surface area contributed by atoms with Crippen LogP contribution in [-0.2, 0) is 0 Å². The van der Waals surface area contributed by atoms with E-state index in [9.17, 15) is 9.18 Å². The van der Waals surface area contributed by atoms with Crippen molar-refractivity contribution in [1.29, 1.82) is 0 Å². The van der Waals surface area contributed by atoms with Crippen molar-refractivity contribution >= 4 is 5.91 Å². The number of carbonyl (C=O) groups excluding carboxylic acids is 1. The van der Waals surface area contributed by atoms with E-state index in [4.69, 9.17) is 0 Å². The van der Waals surface area contributed by atoms with Crippen molar-refractivity contribution in [1.82, 2.24) is 10.2 Å². The highest BCUT2D eigenvalue weighted by molar-refractivity contribution is 5.94. The lowest BCUT2D eigenvalue weighted by Crippen LogP contribution is -2.43. The van der Waals surface area contributed by atoms with Gasteiger partial charge in [0.05, 0.1) is 0 Å². The molecule has 20 heavy (non-hydrogen) atoms. The third kappa shape index (κ3) is 2.85. The van der Waals surface area contributed by atoms with Crippen LogP contribution in [0.25, 0.3) is 0 Å². The number of likely N-dealkylation sites (tertiary alicyclic amines) is 1. The van der Waals surface area contributed by atoms with Crippen LogP contribution in [-0.4, -0.2) is 36.5 Å². The number of nitrogens with one attached hydrogen (secondary N) is 1. The molecule has 0 spiro atoms. The maximum absolute atomic E-state index is 12.9. The smallest absolute Gasteiger partial charge is 0.253 e. The van der Waals surface area contributed by atoms with Gasteiger partial charge in [-0.3, -0.25) is 4.79 Å². The standard InChI is InChI=1S/C16H21FN2O/c17-14-5-3-13(4-6-14)16(20)19-10-7-12(8-11-19)15-2-1-9-18-15/h3-6,12,15,18H,1-2,7-11H2. The van der Waals surface area contributed by atoms with Gasteiger partial charge in [-0.05, 0) is 62.4 Å². The van der Waals surface area contributed by atoms with Crippen LogP contribution in [0.2, 0.25) is 0 Å². The molecule has 1 aromatic carbocycles. The van der Waals surface area contributed by atoms with Crippen molar-refractivity contribution in [2.24, 2.45) is 5.92 Å². The van der Waals surface area contributed by atoms with E-state index in [2.05, 4.69) is 5.32 Å². The molecule has 3 nitrogen and oxygen atoms in total. The van der Waals surface area contributed by atoms with Gasteiger partial charge in [-0.2, -0.15) is 0 Å². The monoisotopic (exact) mass is 276 g/mol. The Bertz CT molecular complexity index is 460. The molecule has 1 unspecified atom stereocenters. The number of nitrogens with zero attached hydrogens (tertiary/aromatic N) is 1. The molecule has 2 heterocycles. The summed E-state index contributed by atoms with van der Waals surface area (Å²) in [6, 6.07) is 6.49. The third-order valence-corrected chi connectivity index (χ3v) is 4.59. The van der Waals surface area contributed by atoms with Gasteiger partial charge in [0.2, 0.25) is 0 Å². The van der Waals surface area contributed by atoms with E-state index in [0.717, 1.165) is 32.5 Å². The number of hydrogen-bond donors (Lipinski definition) is 1. The van der Waals surface area contributed by atoms with Crippen LogP contribution in [0.3, 0.4) is 0 Å². The molecule has 0 aliphatic carbocycles. The van der Waals surface area contributed by atoms with Crippen molar-refractivity contribution in [2.75, 3.05) is 19.6 Å². The second-order valence-corrected chi connectivity index (χ2v) is 5.84. The largest absolute Gasteiger partial charge is 0.339 e. The number of rotatable bonds is 2. The quantitative estimate of drug-likeness (QED) is 0.900. The summed E-state index contributed by atoms with van der Waals surface area (Å²) in [4.78, 5) is 14.2. The molecule has 2 fully saturated rings. The van der Waals surface area contributed by atoms with Crippen molar-refractivity contribution in [3.8, 4) is 0 Å². The lowest BCUT2D eigenvalue weighted by Gasteiger charge is -2.35. The van der Waals surface area contributed by atoms with Crippen LogP contribution in [0, 0.1) is 11.7 Å². The summed E-state index contributed by atoms with van der Waals surface area (Å²) in [5, 5.41) is 3.56. The maximum atomic E-state index is 12.9. The van der Waals surface area contributed by atoms with Gasteiger partial charge in [-0.15, -0.1) is 0 Å². The first kappa shape index (κ1) is 13.6. The Balaban J connectivity index is 1.57. The van der Waals surface area contributed by atoms with Gasteiger partial charge >= 0.3 is 0 Å². The van der Waals surface area contributed by atoms with Gasteiger partial charge in [0.1, 0.15) is 5.82 Å². The molecule has 1 atom stereocenters. The molecule has 1 aromatic rings. The molecule has 0 radical (unpaired) electrons. The van der Waals surface area contributed by atoms with Crippen LogP contribution in [0.15, 0.2) is 24.3 Å². The number of halogens is 1. The highest BCUT2D eigenvalue weighted by Gasteiger charge is 2.30. The molecule has 2 aliphatic heterocycles. The molecule has 2 saturated heterocycles. The molecule has 0 bridgehead atoms. The maximum Gasteiger partial charge on any atom is 0.253 e. The molecule has 0 saturated carbocycles. The van der Waals surface area contributed by atoms with Gasteiger partial charge in [-0.1, -0.05) is 0 Å². The Morgan fingerprint density at radius 3 is 2.45 bits per heavy atom. The van der Waals surface area contributed by atoms with E-state index in [1.807, 2.05) is 4.90 Å². The summed E-state index contributed by atoms with van der Waals surface area (Å²) < 4.78 is 12.9. The Morgan fingerprint density at radius 1 is 1.15 bits per heavy atom. The average molecular weight is 276 g/mol. The zero-order chi connectivity index (χ0) is 13.9. The van der Waals surface area contributed by atoms with Crippen molar-refractivity contribution in [2.45, 2.75) is 31.7 Å². The molecule has 4 heteroatoms. The molecule has 0 aromatic heterocycles. The fraction of sp³-hybridized carbons (Fsp3) is 0.562. The number of benzene rings is 1. The molecule has 3 rings (SSSR count). The van der Waals surface area contributed by atoms with E-state index >= 15 is 0 Å². The van der Waals surface area contributed by atoms with Gasteiger partial charge in [-0.25, -0.2) is 4.39 Å². The predicted octanol–water partition coefficient (Wildman–Crippen LogP) is 2.43. The van der Waals surface area contributed by atoms with E-state index in [1.165, 1.54) is 25.0 Å². The van der Waals surface area contributed by atoms with Crippen molar-refractivity contribution in [3.63, 3.8) is 0 Å². The minimum Gasteiger partial charge on any atom is -0.339 e. The summed E-state index contributed by atoms with van der Waals surface area (Å²) in [6.45, 7) is 2.78. The second kappa shape index (κ2) is 5.92. The molecule has 1 amide bonds. The normalized spacial score (nSPS) is 24.1. The summed E-state index contributed by atoms with van der Waals surface area (Å²) in [6.07, 6.45) is 4.70. The van der Waals surface area contributed by atoms with Gasteiger partial charge < -0.3 is 10.2 Å². The number of hydrogen-bond acceptors (Lipinski definition) is 2. The summed E-state index contributed by atoms with van der Waals surface area (Å²) in [5.74, 6) is 0.435. The Morgan fingerprint density at radius 2 is 1.85 bits per heavy atom. The van der Waals surface area contributed by atoms with Gasteiger partial charge in [0.15, 0.2) is 0 Å². The summed E-state index contributed by atoms with van der Waals surface area (Å²) in [7, 11) is 0. The van der Waals surface area contributed by atoms with Crippen LogP contribution < -0.4 is 5.32 Å². The third-order valence-electron chi connectivity index (χ3n) is 4.59. The lowest BCUT2D eigenvalue weighted by atomic mass is 9.88. The fourth-order valence-electron chi connectivity index (χ4n) is 3.39. The average Bonchev–Trinajstić information content (AvgIpc) is 3.02. The molecule has 1 N–H and O–H groups in total. The Hall–Kier alpha value is -1.42. The van der Waals surface area contributed by atoms with Gasteiger partial charge in [0, 0.05) is 24.7 Å². The van der Waals surface area contributed by atoms with E-state index in [-0.39, 0.29) is 11.7 Å². The molecule has 108 valence electrons. The van der Waals surface area contributed by atoms with Crippen LogP contribution in [0.4, 0.5) is 4.39 Å². The van der Waals surface area contributed by atoms with E-state index < -0.39 is 0 Å². The lowest BCUT2D eigenvalue weighted by molar-refractivity contribution is 0.0674. The van der Waals surface area contributed by atoms with Crippen molar-refractivity contribution in [3.05, 3.63) is 35.6 Å². The zero-order valence-electron chi connectivity index (χ0n) is 11.6. The highest BCUT2D eigenvalue weighted by atomic mass is 19.1. The first-order valence-electron chi connectivity index (χ1n) is 7.52. The van der Waals surface area contributed by atoms with E-state index in [0.29, 0.717) is 17.5 Å². The first-order valence-corrected chi connectivity index (χ1v) is 7.52. The SMILES string of the molecule is O=C(c1ccc(F)cc1)N1CCC(C2CCCN2)CC1. The first-order chi connectivity index (χ1) is 9.74. The van der Waals surface area contributed by atoms with E-state index in [1.54, 1.807) is 12.1 Å².